The highest BCUT2D eigenvalue weighted by Crippen LogP contribution is 2.33. The molecule has 0 atom stereocenters. The summed E-state index contributed by atoms with van der Waals surface area (Å²) >= 11 is 5.83. The van der Waals surface area contributed by atoms with Gasteiger partial charge in [0.15, 0.2) is 0 Å². The highest BCUT2D eigenvalue weighted by Gasteiger charge is 2.28. The number of benzene rings is 2. The monoisotopic (exact) mass is 429 g/mol. The van der Waals surface area contributed by atoms with Crippen LogP contribution in [-0.2, 0) is 0 Å². The molecule has 8 heteroatoms. The topological polar surface area (TPSA) is 75.9 Å². The average molecular weight is 430 g/mol. The molecule has 0 N–H and O–H groups in total. The van der Waals surface area contributed by atoms with Gasteiger partial charge < -0.3 is 9.64 Å². The van der Waals surface area contributed by atoms with Gasteiger partial charge >= 0.3 is 5.69 Å². The van der Waals surface area contributed by atoms with Crippen molar-refractivity contribution in [2.45, 2.75) is 31.7 Å². The zero-order valence-corrected chi connectivity index (χ0v) is 17.4. The molecule has 4 rings (SSSR count). The van der Waals surface area contributed by atoms with Crippen LogP contribution in [0.2, 0.25) is 5.02 Å². The van der Waals surface area contributed by atoms with Crippen molar-refractivity contribution in [3.05, 3.63) is 63.2 Å². The molecule has 1 amide bonds. The maximum Gasteiger partial charge on any atom is 0.313 e. The summed E-state index contributed by atoms with van der Waals surface area (Å²) in [6, 6.07) is 11.6. The van der Waals surface area contributed by atoms with E-state index in [9.17, 15) is 14.9 Å². The van der Waals surface area contributed by atoms with Gasteiger partial charge in [0.1, 0.15) is 5.75 Å². The van der Waals surface area contributed by atoms with Crippen molar-refractivity contribution in [3.8, 4) is 11.5 Å². The van der Waals surface area contributed by atoms with Crippen LogP contribution in [0.3, 0.4) is 0 Å². The number of ether oxygens (including phenoxy) is 1. The van der Waals surface area contributed by atoms with E-state index in [4.69, 9.17) is 16.3 Å². The molecule has 158 valence electrons. The molecule has 1 saturated carbocycles. The van der Waals surface area contributed by atoms with Gasteiger partial charge in [-0.25, -0.2) is 0 Å². The number of nitro benzene ring substituents is 1. The second kappa shape index (κ2) is 9.02. The Kier molecular flexibility index (Phi) is 6.20. The quantitative estimate of drug-likeness (QED) is 0.506. The lowest BCUT2D eigenvalue weighted by molar-refractivity contribution is -0.385. The van der Waals surface area contributed by atoms with Crippen LogP contribution in [0.25, 0.3) is 0 Å². The lowest BCUT2D eigenvalue weighted by Crippen LogP contribution is -2.51. The zero-order valence-electron chi connectivity index (χ0n) is 16.6. The number of amides is 1. The van der Waals surface area contributed by atoms with Gasteiger partial charge in [-0.15, -0.1) is 0 Å². The first-order valence-electron chi connectivity index (χ1n) is 10.3. The number of halogens is 1. The van der Waals surface area contributed by atoms with Crippen LogP contribution in [0.4, 0.5) is 5.69 Å². The summed E-state index contributed by atoms with van der Waals surface area (Å²) in [7, 11) is 0. The Bertz CT molecular complexity index is 920. The van der Waals surface area contributed by atoms with E-state index in [0.717, 1.165) is 26.2 Å². The summed E-state index contributed by atoms with van der Waals surface area (Å²) in [5.74, 6) is 0.527. The number of hydrogen-bond donors (Lipinski definition) is 0. The minimum Gasteiger partial charge on any atom is -0.450 e. The van der Waals surface area contributed by atoms with Crippen molar-refractivity contribution < 1.29 is 14.5 Å². The third kappa shape index (κ3) is 4.57. The van der Waals surface area contributed by atoms with Crippen LogP contribution >= 0.6 is 11.6 Å². The second-order valence-corrected chi connectivity index (χ2v) is 8.20. The Morgan fingerprint density at radius 1 is 1.03 bits per heavy atom. The van der Waals surface area contributed by atoms with Crippen LogP contribution in [0.1, 0.15) is 36.0 Å². The number of nitrogens with zero attached hydrogens (tertiary/aromatic N) is 3. The molecule has 2 aromatic rings. The number of rotatable bonds is 5. The summed E-state index contributed by atoms with van der Waals surface area (Å²) in [5.41, 5.74) is 0.380. The van der Waals surface area contributed by atoms with Gasteiger partial charge in [0.25, 0.3) is 5.91 Å². The molecule has 0 bridgehead atoms. The highest BCUT2D eigenvalue weighted by molar-refractivity contribution is 6.30. The van der Waals surface area contributed by atoms with Gasteiger partial charge in [0.05, 0.1) is 4.92 Å². The first-order chi connectivity index (χ1) is 14.5. The molecular weight excluding hydrogens is 406 g/mol. The van der Waals surface area contributed by atoms with Crippen molar-refractivity contribution in [1.29, 1.82) is 0 Å². The lowest BCUT2D eigenvalue weighted by Gasteiger charge is -2.38. The average Bonchev–Trinajstić information content (AvgIpc) is 3.30. The molecule has 0 unspecified atom stereocenters. The Morgan fingerprint density at radius 2 is 1.70 bits per heavy atom. The van der Waals surface area contributed by atoms with Crippen LogP contribution in [0, 0.1) is 10.1 Å². The Labute approximate surface area is 180 Å². The molecule has 1 saturated heterocycles. The fraction of sp³-hybridized carbons (Fsp3) is 0.409. The summed E-state index contributed by atoms with van der Waals surface area (Å²) in [4.78, 5) is 27.9. The first kappa shape index (κ1) is 20.6. The van der Waals surface area contributed by atoms with Gasteiger partial charge in [-0.1, -0.05) is 24.4 Å². The van der Waals surface area contributed by atoms with Crippen molar-refractivity contribution in [1.82, 2.24) is 9.80 Å². The number of hydrogen-bond acceptors (Lipinski definition) is 5. The van der Waals surface area contributed by atoms with E-state index in [1.165, 1.54) is 43.9 Å². The van der Waals surface area contributed by atoms with E-state index in [1.54, 1.807) is 24.3 Å². The molecule has 7 nitrogen and oxygen atoms in total. The van der Waals surface area contributed by atoms with Crippen LogP contribution in [0.15, 0.2) is 42.5 Å². The minimum atomic E-state index is -0.537. The van der Waals surface area contributed by atoms with Crippen molar-refractivity contribution in [2.24, 2.45) is 0 Å². The van der Waals surface area contributed by atoms with E-state index in [0.29, 0.717) is 17.4 Å². The molecule has 0 spiro atoms. The fourth-order valence-electron chi connectivity index (χ4n) is 4.25. The van der Waals surface area contributed by atoms with E-state index in [2.05, 4.69) is 4.90 Å². The highest BCUT2D eigenvalue weighted by atomic mass is 35.5. The molecule has 0 aromatic heterocycles. The Morgan fingerprint density at radius 3 is 2.33 bits per heavy atom. The smallest absolute Gasteiger partial charge is 0.313 e. The molecule has 0 radical (unpaired) electrons. The maximum absolute atomic E-state index is 12.8. The molecule has 2 aromatic carbocycles. The normalized spacial score (nSPS) is 17.8. The first-order valence-corrected chi connectivity index (χ1v) is 10.6. The molecule has 30 heavy (non-hydrogen) atoms. The molecule has 2 fully saturated rings. The molecule has 1 aliphatic carbocycles. The molecule has 1 heterocycles. The largest absolute Gasteiger partial charge is 0.450 e. The van der Waals surface area contributed by atoms with E-state index < -0.39 is 4.92 Å². The summed E-state index contributed by atoms with van der Waals surface area (Å²) in [5, 5.41) is 11.5. The van der Waals surface area contributed by atoms with E-state index in [-0.39, 0.29) is 22.4 Å². The van der Waals surface area contributed by atoms with Crippen molar-refractivity contribution in [2.75, 3.05) is 26.2 Å². The third-order valence-electron chi connectivity index (χ3n) is 5.89. The van der Waals surface area contributed by atoms with Gasteiger partial charge in [-0.05, 0) is 49.2 Å². The SMILES string of the molecule is O=C(c1ccc(Oc2ccc(Cl)cc2[N+](=O)[O-])cc1)N1CCN(C2CCCC2)CC1. The minimum absolute atomic E-state index is 0.00472. The number of carbonyl (C=O) groups is 1. The third-order valence-corrected chi connectivity index (χ3v) is 6.12. The molecule has 1 aliphatic heterocycles. The van der Waals surface area contributed by atoms with Gasteiger partial charge in [0.2, 0.25) is 5.75 Å². The van der Waals surface area contributed by atoms with Crippen molar-refractivity contribution in [3.63, 3.8) is 0 Å². The molecular formula is C22H24ClN3O4. The summed E-state index contributed by atoms with van der Waals surface area (Å²) < 4.78 is 5.65. The number of piperazine rings is 1. The standard InChI is InChI=1S/C22H24ClN3O4/c23-17-7-10-21(20(15-17)26(28)29)30-19-8-5-16(6-9-19)22(27)25-13-11-24(12-14-25)18-3-1-2-4-18/h5-10,15,18H,1-4,11-14H2. The predicted molar refractivity (Wildman–Crippen MR) is 114 cm³/mol. The van der Waals surface area contributed by atoms with Crippen LogP contribution in [0.5, 0.6) is 11.5 Å². The van der Waals surface area contributed by atoms with Gasteiger partial charge in [0, 0.05) is 48.9 Å². The zero-order chi connectivity index (χ0) is 21.1. The maximum atomic E-state index is 12.8. The molecule has 2 aliphatic rings. The van der Waals surface area contributed by atoms with Gasteiger partial charge in [-0.2, -0.15) is 0 Å². The fourth-order valence-corrected chi connectivity index (χ4v) is 4.42. The second-order valence-electron chi connectivity index (χ2n) is 7.76. The predicted octanol–water partition coefficient (Wildman–Crippen LogP) is 4.74. The van der Waals surface area contributed by atoms with E-state index in [1.807, 2.05) is 4.90 Å². The van der Waals surface area contributed by atoms with Crippen molar-refractivity contribution >= 4 is 23.2 Å². The van der Waals surface area contributed by atoms with Gasteiger partial charge in [-0.3, -0.25) is 19.8 Å². The Balaban J connectivity index is 1.38. The Hall–Kier alpha value is -2.64. The lowest BCUT2D eigenvalue weighted by atomic mass is 10.1. The number of carbonyl (C=O) groups excluding carboxylic acids is 1. The van der Waals surface area contributed by atoms with E-state index >= 15 is 0 Å². The van der Waals surface area contributed by atoms with Crippen LogP contribution < -0.4 is 4.74 Å². The summed E-state index contributed by atoms with van der Waals surface area (Å²) in [6.45, 7) is 3.34. The number of nitro groups is 1. The van der Waals surface area contributed by atoms with Crippen LogP contribution in [-0.4, -0.2) is 52.9 Å². The summed E-state index contributed by atoms with van der Waals surface area (Å²) in [6.07, 6.45) is 5.19.